The Hall–Kier alpha value is -3.57. The maximum Gasteiger partial charge on any atom is 0.189 e. The molecule has 0 heterocycles. The third kappa shape index (κ3) is 9.60. The van der Waals surface area contributed by atoms with Gasteiger partial charge in [0.2, 0.25) is 0 Å². The first-order chi connectivity index (χ1) is 23.8. The molecule has 0 amide bonds. The van der Waals surface area contributed by atoms with Gasteiger partial charge in [0.05, 0.1) is 13.2 Å². The summed E-state index contributed by atoms with van der Waals surface area (Å²) in [4.78, 5) is 0. The summed E-state index contributed by atoms with van der Waals surface area (Å²) in [7, 11) is -1.58. The molecular formula is C42H45Cl2O5P. The second-order valence-corrected chi connectivity index (χ2v) is 17.1. The zero-order valence-corrected chi connectivity index (χ0v) is 31.9. The second kappa shape index (κ2) is 16.6. The van der Waals surface area contributed by atoms with Gasteiger partial charge < -0.3 is 24.1 Å². The number of hydrogen-bond acceptors (Lipinski definition) is 5. The molecule has 0 atom stereocenters. The van der Waals surface area contributed by atoms with Gasteiger partial charge in [-0.15, -0.1) is 0 Å². The van der Waals surface area contributed by atoms with Gasteiger partial charge in [0.1, 0.15) is 17.2 Å². The number of phenols is 1. The Labute approximate surface area is 307 Å². The quantitative estimate of drug-likeness (QED) is 0.0743. The van der Waals surface area contributed by atoms with Gasteiger partial charge in [0.25, 0.3) is 0 Å². The Morgan fingerprint density at radius 3 is 1.34 bits per heavy atom. The molecule has 0 unspecified atom stereocenters. The third-order valence-electron chi connectivity index (χ3n) is 8.08. The van der Waals surface area contributed by atoms with Crippen LogP contribution < -0.4 is 25.4 Å². The van der Waals surface area contributed by atoms with Crippen LogP contribution in [0, 0.1) is 0 Å². The predicted molar refractivity (Wildman–Crippen MR) is 208 cm³/mol. The number of halogens is 2. The number of phenolic OH excluding ortho intramolecular Hbond substituents is 1. The van der Waals surface area contributed by atoms with E-state index in [2.05, 4.69) is 41.5 Å². The first-order valence-corrected chi connectivity index (χ1v) is 18.7. The van der Waals surface area contributed by atoms with Crippen molar-refractivity contribution in [2.24, 2.45) is 0 Å². The van der Waals surface area contributed by atoms with Gasteiger partial charge in [-0.25, -0.2) is 0 Å². The van der Waals surface area contributed by atoms with Gasteiger partial charge in [-0.1, -0.05) is 144 Å². The molecule has 262 valence electrons. The van der Waals surface area contributed by atoms with Crippen LogP contribution in [-0.4, -0.2) is 18.7 Å². The number of benzene rings is 5. The highest BCUT2D eigenvalue weighted by Crippen LogP contribution is 2.48. The van der Waals surface area contributed by atoms with Crippen LogP contribution in [0.15, 0.2) is 109 Å². The van der Waals surface area contributed by atoms with Crippen LogP contribution in [0.4, 0.5) is 0 Å². The molecular weight excluding hydrogens is 686 g/mol. The van der Waals surface area contributed by atoms with E-state index in [1.165, 1.54) is 0 Å². The van der Waals surface area contributed by atoms with Crippen LogP contribution in [0.25, 0.3) is 0 Å². The molecule has 0 radical (unpaired) electrons. The largest absolute Gasteiger partial charge is 0.507 e. The summed E-state index contributed by atoms with van der Waals surface area (Å²) in [6, 6.07) is 35.1. The normalized spacial score (nSPS) is 11.9. The summed E-state index contributed by atoms with van der Waals surface area (Å²) in [5, 5.41) is 14.9. The average molecular weight is 732 g/mol. The summed E-state index contributed by atoms with van der Waals surface area (Å²) < 4.78 is 25.3. The molecule has 5 aromatic rings. The summed E-state index contributed by atoms with van der Waals surface area (Å²) >= 11 is 13.9. The molecule has 0 aliphatic heterocycles. The highest BCUT2D eigenvalue weighted by Gasteiger charge is 2.33. The zero-order chi connectivity index (χ0) is 35.9. The molecule has 50 heavy (non-hydrogen) atoms. The summed E-state index contributed by atoms with van der Waals surface area (Å²) in [6.07, 6.45) is 0. The van der Waals surface area contributed by atoms with Crippen molar-refractivity contribution >= 4 is 47.0 Å². The van der Waals surface area contributed by atoms with Crippen LogP contribution in [-0.2, 0) is 33.5 Å². The second-order valence-electron chi connectivity index (χ2n) is 14.1. The SMILES string of the molecule is CC(C)(C)c1cc(Cl)cc(P(c2ccccc2O)c2cc(Cl)cc(C(C)(C)C)c2OCOCc2ccccc2)c1OCOCc1ccccc1. The number of para-hydroxylation sites is 1. The lowest BCUT2D eigenvalue weighted by Gasteiger charge is -2.31. The Morgan fingerprint density at radius 2 is 0.940 bits per heavy atom. The predicted octanol–water partition coefficient (Wildman–Crippen LogP) is 10.2. The minimum atomic E-state index is -1.58. The van der Waals surface area contributed by atoms with E-state index in [1.54, 1.807) is 6.07 Å². The first kappa shape index (κ1) is 37.7. The molecule has 0 saturated heterocycles. The van der Waals surface area contributed by atoms with Crippen molar-refractivity contribution in [3.8, 4) is 17.2 Å². The molecule has 0 spiro atoms. The third-order valence-corrected chi connectivity index (χ3v) is 11.0. The van der Waals surface area contributed by atoms with Gasteiger partial charge in [0.15, 0.2) is 13.6 Å². The molecule has 0 fully saturated rings. The molecule has 0 aromatic heterocycles. The van der Waals surface area contributed by atoms with E-state index in [9.17, 15) is 5.11 Å². The molecule has 0 bridgehead atoms. The Balaban J connectivity index is 1.66. The number of hydrogen-bond donors (Lipinski definition) is 1. The van der Waals surface area contributed by atoms with E-state index in [4.69, 9.17) is 42.1 Å². The van der Waals surface area contributed by atoms with Crippen molar-refractivity contribution in [1.29, 1.82) is 0 Å². The van der Waals surface area contributed by atoms with Crippen molar-refractivity contribution < 1.29 is 24.1 Å². The van der Waals surface area contributed by atoms with Crippen molar-refractivity contribution in [3.63, 3.8) is 0 Å². The van der Waals surface area contributed by atoms with Crippen molar-refractivity contribution in [2.75, 3.05) is 13.6 Å². The molecule has 1 N–H and O–H groups in total. The number of ether oxygens (including phenoxy) is 4. The van der Waals surface area contributed by atoms with Gasteiger partial charge in [-0.3, -0.25) is 0 Å². The van der Waals surface area contributed by atoms with Gasteiger partial charge in [0, 0.05) is 37.1 Å². The van der Waals surface area contributed by atoms with Gasteiger partial charge in [-0.2, -0.15) is 0 Å². The van der Waals surface area contributed by atoms with E-state index >= 15 is 0 Å². The minimum Gasteiger partial charge on any atom is -0.507 e. The highest BCUT2D eigenvalue weighted by molar-refractivity contribution is 7.80. The average Bonchev–Trinajstić information content (AvgIpc) is 3.07. The number of rotatable bonds is 13. The van der Waals surface area contributed by atoms with Crippen LogP contribution in [0.3, 0.4) is 0 Å². The van der Waals surface area contributed by atoms with Gasteiger partial charge >= 0.3 is 0 Å². The molecule has 0 saturated carbocycles. The Bertz CT molecular complexity index is 1750. The van der Waals surface area contributed by atoms with Crippen molar-refractivity contribution in [3.05, 3.63) is 141 Å². The maximum absolute atomic E-state index is 11.5. The Kier molecular flexibility index (Phi) is 12.5. The zero-order valence-electron chi connectivity index (χ0n) is 29.5. The molecule has 5 aromatic carbocycles. The smallest absolute Gasteiger partial charge is 0.189 e. The first-order valence-electron chi connectivity index (χ1n) is 16.6. The lowest BCUT2D eigenvalue weighted by atomic mass is 9.86. The topological polar surface area (TPSA) is 57.2 Å². The van der Waals surface area contributed by atoms with Crippen molar-refractivity contribution in [1.82, 2.24) is 0 Å². The van der Waals surface area contributed by atoms with E-state index < -0.39 is 7.92 Å². The van der Waals surface area contributed by atoms with Crippen molar-refractivity contribution in [2.45, 2.75) is 65.6 Å². The fraction of sp³-hybridized carbons (Fsp3) is 0.286. The molecule has 5 nitrogen and oxygen atoms in total. The molecule has 0 aliphatic carbocycles. The van der Waals surface area contributed by atoms with Gasteiger partial charge in [-0.05, 0) is 60.2 Å². The maximum atomic E-state index is 11.5. The lowest BCUT2D eigenvalue weighted by molar-refractivity contribution is 0.00472. The van der Waals surface area contributed by atoms with E-state index in [0.717, 1.165) is 32.9 Å². The monoisotopic (exact) mass is 730 g/mol. The van der Waals surface area contributed by atoms with E-state index in [1.807, 2.05) is 103 Å². The summed E-state index contributed by atoms with van der Waals surface area (Å²) in [6.45, 7) is 13.6. The summed E-state index contributed by atoms with van der Waals surface area (Å²) in [5.74, 6) is 1.44. The van der Waals surface area contributed by atoms with Crippen LogP contribution >= 0.6 is 31.1 Å². The van der Waals surface area contributed by atoms with Crippen LogP contribution in [0.5, 0.6) is 17.2 Å². The standard InChI is InChI=1S/C42H45Cl2O5P/c1-41(2,3)33-21-31(43)23-37(39(33)48-27-46-25-29-15-9-7-10-16-29)50(36-20-14-13-19-35(36)45)38-24-32(44)22-34(42(4,5)6)40(38)49-28-47-26-30-17-11-8-12-18-30/h7-24,45H,25-28H2,1-6H3. The Morgan fingerprint density at radius 1 is 0.540 bits per heavy atom. The molecule has 0 aliphatic rings. The minimum absolute atomic E-state index is 0.00994. The molecule has 8 heteroatoms. The van der Waals surface area contributed by atoms with Crippen LogP contribution in [0.1, 0.15) is 63.8 Å². The fourth-order valence-electron chi connectivity index (χ4n) is 5.62. The molecule has 5 rings (SSSR count). The highest BCUT2D eigenvalue weighted by atomic mass is 35.5. The summed E-state index contributed by atoms with van der Waals surface area (Å²) in [5.41, 5.74) is 3.23. The van der Waals surface area contributed by atoms with E-state index in [-0.39, 0.29) is 30.2 Å². The fourth-order valence-corrected chi connectivity index (χ4v) is 8.84. The van der Waals surface area contributed by atoms with Crippen LogP contribution in [0.2, 0.25) is 10.0 Å². The van der Waals surface area contributed by atoms with E-state index in [0.29, 0.717) is 40.1 Å². The number of aromatic hydroxyl groups is 1. The lowest BCUT2D eigenvalue weighted by Crippen LogP contribution is -2.29.